The molecule has 0 aliphatic rings. The van der Waals surface area contributed by atoms with Gasteiger partial charge in [0.25, 0.3) is 0 Å². The summed E-state index contributed by atoms with van der Waals surface area (Å²) in [5.74, 6) is 0.00167. The first-order valence-corrected chi connectivity index (χ1v) is 5.47. The van der Waals surface area contributed by atoms with Gasteiger partial charge in [-0.3, -0.25) is 9.78 Å². The predicted molar refractivity (Wildman–Crippen MR) is 59.6 cm³/mol. The molecule has 2 aromatic heterocycles. The molecule has 0 fully saturated rings. The maximum atomic E-state index is 12.2. The molecule has 0 aliphatic carbocycles. The summed E-state index contributed by atoms with van der Waals surface area (Å²) in [7, 11) is 0. The molecule has 0 N–H and O–H groups in total. The second-order valence-corrected chi connectivity index (χ2v) is 4.16. The molecule has 2 heterocycles. The molecule has 0 radical (unpaired) electrons. The van der Waals surface area contributed by atoms with Crippen LogP contribution in [-0.4, -0.2) is 17.9 Å². The number of alkyl halides is 2. The minimum Gasteiger partial charge on any atom is -0.432 e. The van der Waals surface area contributed by atoms with E-state index in [2.05, 4.69) is 9.72 Å². The number of halogens is 2. The highest BCUT2D eigenvalue weighted by atomic mass is 32.1. The molecule has 0 unspecified atom stereocenters. The van der Waals surface area contributed by atoms with Crippen molar-refractivity contribution >= 4 is 17.6 Å². The Balaban J connectivity index is 2.40. The van der Waals surface area contributed by atoms with E-state index in [9.17, 15) is 13.6 Å². The van der Waals surface area contributed by atoms with E-state index in [0.29, 0.717) is 21.7 Å². The fourth-order valence-electron chi connectivity index (χ4n) is 1.31. The third kappa shape index (κ3) is 2.65. The molecule has 2 rings (SSSR count). The lowest BCUT2D eigenvalue weighted by Crippen LogP contribution is -2.03. The Morgan fingerprint density at radius 2 is 2.18 bits per heavy atom. The Hall–Kier alpha value is -1.82. The normalized spacial score (nSPS) is 10.5. The smallest absolute Gasteiger partial charge is 0.387 e. The summed E-state index contributed by atoms with van der Waals surface area (Å²) in [4.78, 5) is 15.7. The number of ether oxygens (including phenoxy) is 1. The van der Waals surface area contributed by atoms with Gasteiger partial charge < -0.3 is 4.74 Å². The molecule has 0 atom stereocenters. The van der Waals surface area contributed by atoms with Gasteiger partial charge in [0.15, 0.2) is 12.0 Å². The van der Waals surface area contributed by atoms with Crippen molar-refractivity contribution in [3.05, 3.63) is 35.3 Å². The Morgan fingerprint density at radius 3 is 2.82 bits per heavy atom. The van der Waals surface area contributed by atoms with Gasteiger partial charge >= 0.3 is 6.61 Å². The highest BCUT2D eigenvalue weighted by Gasteiger charge is 2.13. The van der Waals surface area contributed by atoms with Crippen LogP contribution in [0, 0.1) is 0 Å². The predicted octanol–water partition coefficient (Wildman–Crippen LogP) is 3.22. The fraction of sp³-hybridized carbons (Fsp3) is 0.0909. The first kappa shape index (κ1) is 11.7. The first-order valence-electron chi connectivity index (χ1n) is 4.66. The van der Waals surface area contributed by atoms with Crippen LogP contribution < -0.4 is 4.74 Å². The van der Waals surface area contributed by atoms with Gasteiger partial charge in [-0.05, 0) is 24.3 Å². The van der Waals surface area contributed by atoms with Crippen LogP contribution in [0.3, 0.4) is 0 Å². The van der Waals surface area contributed by atoms with E-state index in [4.69, 9.17) is 0 Å². The average Bonchev–Trinajstić information content (AvgIpc) is 2.77. The molecule has 0 bridgehead atoms. The minimum absolute atomic E-state index is 0.00167. The van der Waals surface area contributed by atoms with E-state index in [0.717, 1.165) is 0 Å². The lowest BCUT2D eigenvalue weighted by molar-refractivity contribution is -0.0496. The van der Waals surface area contributed by atoms with Crippen molar-refractivity contribution in [2.75, 3.05) is 0 Å². The average molecular weight is 255 g/mol. The zero-order chi connectivity index (χ0) is 12.3. The lowest BCUT2D eigenvalue weighted by Gasteiger charge is -2.07. The van der Waals surface area contributed by atoms with E-state index in [1.807, 2.05) is 0 Å². The standard InChI is InChI=1S/C11H7F2NO2S/c12-11(13)16-8-2-1-5-14-10(8)9-4-3-7(6-15)17-9/h1-6,11H. The topological polar surface area (TPSA) is 39.2 Å². The van der Waals surface area contributed by atoms with E-state index < -0.39 is 6.61 Å². The summed E-state index contributed by atoms with van der Waals surface area (Å²) in [6.45, 7) is -2.90. The number of hydrogen-bond donors (Lipinski definition) is 0. The molecule has 17 heavy (non-hydrogen) atoms. The molecule has 88 valence electrons. The molecule has 0 saturated carbocycles. The molecule has 2 aromatic rings. The first-order chi connectivity index (χ1) is 8.20. The monoisotopic (exact) mass is 255 g/mol. The highest BCUT2D eigenvalue weighted by Crippen LogP contribution is 2.33. The highest BCUT2D eigenvalue weighted by molar-refractivity contribution is 7.17. The Bertz CT molecular complexity index is 528. The third-order valence-electron chi connectivity index (χ3n) is 1.96. The maximum Gasteiger partial charge on any atom is 0.387 e. The van der Waals surface area contributed by atoms with Gasteiger partial charge in [-0.25, -0.2) is 0 Å². The number of carbonyl (C=O) groups is 1. The molecule has 0 aliphatic heterocycles. The van der Waals surface area contributed by atoms with Crippen LogP contribution in [0.1, 0.15) is 9.67 Å². The minimum atomic E-state index is -2.90. The largest absolute Gasteiger partial charge is 0.432 e. The molecule has 0 spiro atoms. The molecule has 6 heteroatoms. The Kier molecular flexibility index (Phi) is 3.43. The third-order valence-corrected chi connectivity index (χ3v) is 2.98. The van der Waals surface area contributed by atoms with Gasteiger partial charge in [0.1, 0.15) is 5.69 Å². The summed E-state index contributed by atoms with van der Waals surface area (Å²) in [5.41, 5.74) is 0.311. The van der Waals surface area contributed by atoms with Crippen LogP contribution in [0.25, 0.3) is 10.6 Å². The van der Waals surface area contributed by atoms with E-state index in [-0.39, 0.29) is 5.75 Å². The second kappa shape index (κ2) is 5.01. The number of thiophene rings is 1. The second-order valence-electron chi connectivity index (χ2n) is 3.05. The number of pyridine rings is 1. The lowest BCUT2D eigenvalue weighted by atomic mass is 10.3. The van der Waals surface area contributed by atoms with Gasteiger partial charge in [0.05, 0.1) is 9.75 Å². The number of carbonyl (C=O) groups excluding carboxylic acids is 1. The summed E-state index contributed by atoms with van der Waals surface area (Å²) in [6.07, 6.45) is 2.18. The molecule has 0 aromatic carbocycles. The summed E-state index contributed by atoms with van der Waals surface area (Å²) >= 11 is 1.17. The number of nitrogens with zero attached hydrogens (tertiary/aromatic N) is 1. The molecule has 0 saturated heterocycles. The van der Waals surface area contributed by atoms with Gasteiger partial charge in [0.2, 0.25) is 0 Å². The van der Waals surface area contributed by atoms with E-state index >= 15 is 0 Å². The van der Waals surface area contributed by atoms with Crippen molar-refractivity contribution in [1.29, 1.82) is 0 Å². The summed E-state index contributed by atoms with van der Waals surface area (Å²) in [6, 6.07) is 6.17. The van der Waals surface area contributed by atoms with Crippen LogP contribution in [0.15, 0.2) is 30.5 Å². The molecular weight excluding hydrogens is 248 g/mol. The van der Waals surface area contributed by atoms with Gasteiger partial charge in [-0.2, -0.15) is 8.78 Å². The maximum absolute atomic E-state index is 12.2. The fourth-order valence-corrected chi connectivity index (χ4v) is 2.13. The van der Waals surface area contributed by atoms with E-state index in [1.165, 1.54) is 29.7 Å². The van der Waals surface area contributed by atoms with Crippen LogP contribution in [-0.2, 0) is 0 Å². The van der Waals surface area contributed by atoms with Crippen LogP contribution in [0.2, 0.25) is 0 Å². The number of rotatable bonds is 4. The van der Waals surface area contributed by atoms with Crippen molar-refractivity contribution in [3.63, 3.8) is 0 Å². The van der Waals surface area contributed by atoms with Crippen molar-refractivity contribution < 1.29 is 18.3 Å². The van der Waals surface area contributed by atoms with Gasteiger partial charge in [-0.15, -0.1) is 11.3 Å². The van der Waals surface area contributed by atoms with Crippen molar-refractivity contribution in [2.45, 2.75) is 6.61 Å². The Labute approximate surface area is 99.7 Å². The quantitative estimate of drug-likeness (QED) is 0.787. The zero-order valence-corrected chi connectivity index (χ0v) is 9.29. The molecule has 3 nitrogen and oxygen atoms in total. The van der Waals surface area contributed by atoms with Crippen molar-refractivity contribution in [2.24, 2.45) is 0 Å². The van der Waals surface area contributed by atoms with Crippen LogP contribution in [0.4, 0.5) is 8.78 Å². The van der Waals surface area contributed by atoms with Crippen molar-refractivity contribution in [1.82, 2.24) is 4.98 Å². The zero-order valence-electron chi connectivity index (χ0n) is 8.47. The van der Waals surface area contributed by atoms with Crippen LogP contribution in [0.5, 0.6) is 5.75 Å². The Morgan fingerprint density at radius 1 is 1.35 bits per heavy atom. The number of hydrogen-bond acceptors (Lipinski definition) is 4. The molecular formula is C11H7F2NO2S. The SMILES string of the molecule is O=Cc1ccc(-c2ncccc2OC(F)F)s1. The molecule has 0 amide bonds. The van der Waals surface area contributed by atoms with Gasteiger partial charge in [-0.1, -0.05) is 0 Å². The van der Waals surface area contributed by atoms with Crippen molar-refractivity contribution in [3.8, 4) is 16.3 Å². The summed E-state index contributed by atoms with van der Waals surface area (Å²) in [5, 5.41) is 0. The summed E-state index contributed by atoms with van der Waals surface area (Å²) < 4.78 is 28.7. The number of aromatic nitrogens is 1. The van der Waals surface area contributed by atoms with E-state index in [1.54, 1.807) is 12.1 Å². The number of aldehydes is 1. The van der Waals surface area contributed by atoms with Crippen LogP contribution >= 0.6 is 11.3 Å². The van der Waals surface area contributed by atoms with Gasteiger partial charge in [0, 0.05) is 6.20 Å².